The van der Waals surface area contributed by atoms with Gasteiger partial charge in [-0.25, -0.2) is 9.07 Å². The number of carbonyl (C=O) groups is 1. The monoisotopic (exact) mass is 385 g/mol. The molecule has 3 rings (SSSR count). The van der Waals surface area contributed by atoms with Gasteiger partial charge in [-0.1, -0.05) is 35.9 Å². The van der Waals surface area contributed by atoms with E-state index < -0.39 is 5.82 Å². The summed E-state index contributed by atoms with van der Waals surface area (Å²) in [6.07, 6.45) is 1.87. The van der Waals surface area contributed by atoms with Gasteiger partial charge >= 0.3 is 0 Å². The number of benzene rings is 2. The van der Waals surface area contributed by atoms with Crippen LogP contribution in [0.15, 0.2) is 48.7 Å². The maximum atomic E-state index is 13.1. The minimum absolute atomic E-state index is 0.0917. The van der Waals surface area contributed by atoms with Crippen LogP contribution in [0.25, 0.3) is 5.69 Å². The minimum Gasteiger partial charge on any atom is -0.349 e. The van der Waals surface area contributed by atoms with Gasteiger partial charge in [0.05, 0.1) is 24.3 Å². The van der Waals surface area contributed by atoms with Gasteiger partial charge in [-0.3, -0.25) is 4.79 Å². The summed E-state index contributed by atoms with van der Waals surface area (Å²) >= 11 is 6.01. The second-order valence-corrected chi connectivity index (χ2v) is 6.99. The fourth-order valence-electron chi connectivity index (χ4n) is 3.10. The Labute approximate surface area is 163 Å². The van der Waals surface area contributed by atoms with E-state index in [0.717, 1.165) is 22.5 Å². The highest BCUT2D eigenvalue weighted by molar-refractivity contribution is 6.31. The Balaban J connectivity index is 1.74. The number of halogens is 2. The van der Waals surface area contributed by atoms with E-state index in [4.69, 9.17) is 11.6 Å². The summed E-state index contributed by atoms with van der Waals surface area (Å²) in [4.78, 5) is 12.4. The number of aromatic nitrogens is 2. The van der Waals surface area contributed by atoms with Crippen molar-refractivity contribution in [2.75, 3.05) is 0 Å². The molecule has 27 heavy (non-hydrogen) atoms. The minimum atomic E-state index is -0.420. The normalized spacial score (nSPS) is 12.0. The smallest absolute Gasteiger partial charge is 0.224 e. The molecule has 0 saturated heterocycles. The third kappa shape index (κ3) is 4.19. The third-order valence-corrected chi connectivity index (χ3v) is 4.95. The van der Waals surface area contributed by atoms with Crippen LogP contribution in [0.2, 0.25) is 5.02 Å². The molecular formula is C21H21ClFN3O. The highest BCUT2D eigenvalue weighted by Gasteiger charge is 2.17. The topological polar surface area (TPSA) is 46.9 Å². The Morgan fingerprint density at radius 2 is 2.00 bits per heavy atom. The number of hydrogen-bond donors (Lipinski definition) is 1. The number of nitrogens with one attached hydrogen (secondary N) is 1. The van der Waals surface area contributed by atoms with Gasteiger partial charge in [-0.2, -0.15) is 5.10 Å². The van der Waals surface area contributed by atoms with E-state index in [9.17, 15) is 9.18 Å². The van der Waals surface area contributed by atoms with Crippen molar-refractivity contribution in [2.24, 2.45) is 0 Å². The highest BCUT2D eigenvalue weighted by Crippen LogP contribution is 2.23. The molecule has 0 radical (unpaired) electrons. The lowest BCUT2D eigenvalue weighted by Crippen LogP contribution is -2.28. The summed E-state index contributed by atoms with van der Waals surface area (Å²) in [6, 6.07) is 11.8. The largest absolute Gasteiger partial charge is 0.349 e. The standard InChI is InChI=1S/C21H21ClFN3O/c1-13-6-4-5-7-20(13)26-15(3)18(12-24-26)14(2)25-21(27)10-16-8-9-17(23)11-19(16)22/h4-9,11-12,14H,10H2,1-3H3,(H,25,27). The predicted molar refractivity (Wildman–Crippen MR) is 105 cm³/mol. The summed E-state index contributed by atoms with van der Waals surface area (Å²) in [5.41, 5.74) is 4.64. The van der Waals surface area contributed by atoms with Crippen molar-refractivity contribution in [1.29, 1.82) is 0 Å². The van der Waals surface area contributed by atoms with E-state index in [1.807, 2.05) is 49.7 Å². The van der Waals surface area contributed by atoms with Gasteiger partial charge in [0.25, 0.3) is 0 Å². The van der Waals surface area contributed by atoms with E-state index in [2.05, 4.69) is 10.4 Å². The van der Waals surface area contributed by atoms with E-state index in [0.29, 0.717) is 5.56 Å². The molecule has 1 N–H and O–H groups in total. The fraction of sp³-hybridized carbons (Fsp3) is 0.238. The maximum absolute atomic E-state index is 13.1. The van der Waals surface area contributed by atoms with Gasteiger partial charge in [0.1, 0.15) is 5.82 Å². The molecular weight excluding hydrogens is 365 g/mol. The van der Waals surface area contributed by atoms with Crippen molar-refractivity contribution in [1.82, 2.24) is 15.1 Å². The first-order chi connectivity index (χ1) is 12.9. The molecule has 6 heteroatoms. The van der Waals surface area contributed by atoms with Crippen LogP contribution in [0.3, 0.4) is 0 Å². The summed E-state index contributed by atoms with van der Waals surface area (Å²) in [5, 5.41) is 7.70. The number of nitrogens with zero attached hydrogens (tertiary/aromatic N) is 2. The zero-order valence-corrected chi connectivity index (χ0v) is 16.2. The Kier molecular flexibility index (Phi) is 5.61. The van der Waals surface area contributed by atoms with E-state index >= 15 is 0 Å². The van der Waals surface area contributed by atoms with E-state index in [1.165, 1.54) is 18.2 Å². The van der Waals surface area contributed by atoms with E-state index in [1.54, 1.807) is 6.20 Å². The van der Waals surface area contributed by atoms with Gasteiger partial charge in [0.2, 0.25) is 5.91 Å². The lowest BCUT2D eigenvalue weighted by molar-refractivity contribution is -0.121. The first kappa shape index (κ1) is 19.1. The second kappa shape index (κ2) is 7.92. The Bertz CT molecular complexity index is 983. The van der Waals surface area contributed by atoms with Gasteiger partial charge in [-0.15, -0.1) is 0 Å². The maximum Gasteiger partial charge on any atom is 0.224 e. The van der Waals surface area contributed by atoms with Crippen LogP contribution in [-0.4, -0.2) is 15.7 Å². The molecule has 3 aromatic rings. The lowest BCUT2D eigenvalue weighted by atomic mass is 10.1. The van der Waals surface area contributed by atoms with Crippen molar-refractivity contribution >= 4 is 17.5 Å². The Hall–Kier alpha value is -2.66. The molecule has 0 fully saturated rings. The van der Waals surface area contributed by atoms with Crippen LogP contribution in [0.1, 0.15) is 35.3 Å². The van der Waals surface area contributed by atoms with Crippen LogP contribution in [-0.2, 0) is 11.2 Å². The number of rotatable bonds is 5. The summed E-state index contributed by atoms with van der Waals surface area (Å²) in [6.45, 7) is 5.93. The van der Waals surface area contributed by atoms with Crippen LogP contribution in [0.4, 0.5) is 4.39 Å². The van der Waals surface area contributed by atoms with Gasteiger partial charge < -0.3 is 5.32 Å². The Morgan fingerprint density at radius 1 is 1.26 bits per heavy atom. The van der Waals surface area contributed by atoms with Gasteiger partial charge in [0, 0.05) is 16.3 Å². The molecule has 1 atom stereocenters. The van der Waals surface area contributed by atoms with Crippen molar-refractivity contribution in [3.05, 3.63) is 81.9 Å². The van der Waals surface area contributed by atoms with E-state index in [-0.39, 0.29) is 23.4 Å². The Morgan fingerprint density at radius 3 is 2.70 bits per heavy atom. The third-order valence-electron chi connectivity index (χ3n) is 4.60. The first-order valence-corrected chi connectivity index (χ1v) is 9.08. The average molecular weight is 386 g/mol. The molecule has 1 amide bonds. The number of hydrogen-bond acceptors (Lipinski definition) is 2. The molecule has 0 bridgehead atoms. The molecule has 1 aromatic heterocycles. The second-order valence-electron chi connectivity index (χ2n) is 6.59. The molecule has 4 nitrogen and oxygen atoms in total. The number of para-hydroxylation sites is 1. The van der Waals surface area contributed by atoms with Crippen LogP contribution in [0, 0.1) is 19.7 Å². The predicted octanol–water partition coefficient (Wildman–Crippen LogP) is 4.70. The lowest BCUT2D eigenvalue weighted by Gasteiger charge is -2.15. The molecule has 140 valence electrons. The molecule has 0 aliphatic heterocycles. The molecule has 1 heterocycles. The van der Waals surface area contributed by atoms with Crippen molar-refractivity contribution in [2.45, 2.75) is 33.2 Å². The summed E-state index contributed by atoms with van der Waals surface area (Å²) in [5.74, 6) is -0.601. The van der Waals surface area contributed by atoms with Gasteiger partial charge in [0.15, 0.2) is 0 Å². The molecule has 0 aliphatic carbocycles. The average Bonchev–Trinajstić information content (AvgIpc) is 2.99. The van der Waals surface area contributed by atoms with Crippen LogP contribution < -0.4 is 5.32 Å². The zero-order chi connectivity index (χ0) is 19.6. The number of carbonyl (C=O) groups excluding carboxylic acids is 1. The quantitative estimate of drug-likeness (QED) is 0.691. The van der Waals surface area contributed by atoms with Crippen LogP contribution >= 0.6 is 11.6 Å². The fourth-order valence-corrected chi connectivity index (χ4v) is 3.33. The first-order valence-electron chi connectivity index (χ1n) is 8.70. The van der Waals surface area contributed by atoms with Crippen molar-refractivity contribution < 1.29 is 9.18 Å². The van der Waals surface area contributed by atoms with Crippen LogP contribution in [0.5, 0.6) is 0 Å². The van der Waals surface area contributed by atoms with Crippen molar-refractivity contribution in [3.8, 4) is 5.69 Å². The highest BCUT2D eigenvalue weighted by atomic mass is 35.5. The SMILES string of the molecule is Cc1ccccc1-n1ncc(C(C)NC(=O)Cc2ccc(F)cc2Cl)c1C. The molecule has 2 aromatic carbocycles. The summed E-state index contributed by atoms with van der Waals surface area (Å²) in [7, 11) is 0. The van der Waals surface area contributed by atoms with Crippen molar-refractivity contribution in [3.63, 3.8) is 0 Å². The molecule has 0 spiro atoms. The molecule has 0 saturated carbocycles. The zero-order valence-electron chi connectivity index (χ0n) is 15.5. The van der Waals surface area contributed by atoms with Gasteiger partial charge in [-0.05, 0) is 50.1 Å². The number of amides is 1. The molecule has 1 unspecified atom stereocenters. The summed E-state index contributed by atoms with van der Waals surface area (Å²) < 4.78 is 15.0. The molecule has 0 aliphatic rings. The number of aryl methyl sites for hydroxylation is 1.